The third-order valence-electron chi connectivity index (χ3n) is 3.45. The van der Waals surface area contributed by atoms with E-state index >= 15 is 0 Å². The van der Waals surface area contributed by atoms with Crippen LogP contribution in [-0.4, -0.2) is 21.6 Å². The summed E-state index contributed by atoms with van der Waals surface area (Å²) in [4.78, 5) is 0.243. The Hall–Kier alpha value is -2.05. The van der Waals surface area contributed by atoms with Gasteiger partial charge in [-0.05, 0) is 50.6 Å². The first-order chi connectivity index (χ1) is 11.5. The quantitative estimate of drug-likeness (QED) is 0.792. The van der Waals surface area contributed by atoms with E-state index in [1.165, 1.54) is 0 Å². The van der Waals surface area contributed by atoms with E-state index in [0.717, 1.165) is 5.56 Å². The molecule has 0 heterocycles. The fraction of sp³-hybridized carbons (Fsp3) is 0.333. The maximum absolute atomic E-state index is 12.4. The van der Waals surface area contributed by atoms with E-state index in [1.807, 2.05) is 26.0 Å². The van der Waals surface area contributed by atoms with Gasteiger partial charge in [0.25, 0.3) is 0 Å². The highest BCUT2D eigenvalue weighted by Gasteiger charge is 2.19. The summed E-state index contributed by atoms with van der Waals surface area (Å²) in [6.07, 6.45) is 0. The van der Waals surface area contributed by atoms with Gasteiger partial charge in [0.15, 0.2) is 11.5 Å². The summed E-state index contributed by atoms with van der Waals surface area (Å²) in [6, 6.07) is 13.4. The SMILES string of the molecule is CCOc1ccc([C@@H](C)NS(=O)(=O)c2ccccc2)cc1OCC. The Morgan fingerprint density at radius 2 is 1.58 bits per heavy atom. The van der Waals surface area contributed by atoms with E-state index in [0.29, 0.717) is 24.7 Å². The van der Waals surface area contributed by atoms with E-state index in [-0.39, 0.29) is 4.90 Å². The fourth-order valence-electron chi connectivity index (χ4n) is 2.31. The van der Waals surface area contributed by atoms with Gasteiger partial charge in [-0.1, -0.05) is 24.3 Å². The third-order valence-corrected chi connectivity index (χ3v) is 5.01. The van der Waals surface area contributed by atoms with Crippen molar-refractivity contribution in [3.8, 4) is 11.5 Å². The Bertz CT molecular complexity index is 760. The van der Waals surface area contributed by atoms with Crippen LogP contribution in [0.25, 0.3) is 0 Å². The average Bonchev–Trinajstić information content (AvgIpc) is 2.57. The Morgan fingerprint density at radius 1 is 0.958 bits per heavy atom. The molecule has 0 aliphatic rings. The lowest BCUT2D eigenvalue weighted by Gasteiger charge is -2.17. The van der Waals surface area contributed by atoms with Gasteiger partial charge in [-0.15, -0.1) is 0 Å². The number of benzene rings is 2. The summed E-state index contributed by atoms with van der Waals surface area (Å²) in [7, 11) is -3.58. The van der Waals surface area contributed by atoms with Crippen LogP contribution in [0, 0.1) is 0 Å². The van der Waals surface area contributed by atoms with Gasteiger partial charge >= 0.3 is 0 Å². The molecular weight excluding hydrogens is 326 g/mol. The molecule has 0 bridgehead atoms. The maximum atomic E-state index is 12.4. The number of hydrogen-bond donors (Lipinski definition) is 1. The van der Waals surface area contributed by atoms with Crippen molar-refractivity contribution in [3.05, 3.63) is 54.1 Å². The Labute approximate surface area is 143 Å². The normalized spacial score (nSPS) is 12.6. The predicted octanol–water partition coefficient (Wildman–Crippen LogP) is 3.52. The van der Waals surface area contributed by atoms with E-state index in [2.05, 4.69) is 4.72 Å². The minimum atomic E-state index is -3.58. The molecule has 1 atom stereocenters. The van der Waals surface area contributed by atoms with Crippen molar-refractivity contribution in [1.29, 1.82) is 0 Å². The maximum Gasteiger partial charge on any atom is 0.241 e. The Morgan fingerprint density at radius 3 is 2.21 bits per heavy atom. The van der Waals surface area contributed by atoms with Crippen LogP contribution in [0.5, 0.6) is 11.5 Å². The van der Waals surface area contributed by atoms with Crippen LogP contribution in [0.15, 0.2) is 53.4 Å². The lowest BCUT2D eigenvalue weighted by Crippen LogP contribution is -2.26. The van der Waals surface area contributed by atoms with Crippen molar-refractivity contribution in [2.45, 2.75) is 31.7 Å². The van der Waals surface area contributed by atoms with Crippen molar-refractivity contribution in [2.24, 2.45) is 0 Å². The van der Waals surface area contributed by atoms with Crippen molar-refractivity contribution in [1.82, 2.24) is 4.72 Å². The van der Waals surface area contributed by atoms with Gasteiger partial charge in [0.05, 0.1) is 18.1 Å². The van der Waals surface area contributed by atoms with Gasteiger partial charge in [0.1, 0.15) is 0 Å². The van der Waals surface area contributed by atoms with Crippen LogP contribution in [0.4, 0.5) is 0 Å². The first-order valence-corrected chi connectivity index (χ1v) is 9.43. The second-order valence-corrected chi connectivity index (χ2v) is 6.94. The van der Waals surface area contributed by atoms with Crippen molar-refractivity contribution < 1.29 is 17.9 Å². The summed E-state index contributed by atoms with van der Waals surface area (Å²) in [5, 5.41) is 0. The predicted molar refractivity (Wildman–Crippen MR) is 94.0 cm³/mol. The fourth-order valence-corrected chi connectivity index (χ4v) is 3.56. The van der Waals surface area contributed by atoms with Gasteiger partial charge in [0, 0.05) is 6.04 Å². The van der Waals surface area contributed by atoms with Crippen LogP contribution in [0.1, 0.15) is 32.4 Å². The number of hydrogen-bond acceptors (Lipinski definition) is 4. The molecule has 0 spiro atoms. The zero-order valence-electron chi connectivity index (χ0n) is 14.2. The van der Waals surface area contributed by atoms with Crippen molar-refractivity contribution >= 4 is 10.0 Å². The zero-order chi connectivity index (χ0) is 17.6. The van der Waals surface area contributed by atoms with Gasteiger partial charge in [-0.2, -0.15) is 0 Å². The molecule has 24 heavy (non-hydrogen) atoms. The highest BCUT2D eigenvalue weighted by Crippen LogP contribution is 2.31. The molecule has 0 aliphatic carbocycles. The summed E-state index contributed by atoms with van der Waals surface area (Å²) < 4.78 is 38.7. The molecule has 1 N–H and O–H groups in total. The number of ether oxygens (including phenoxy) is 2. The van der Waals surface area contributed by atoms with Crippen LogP contribution in [0.3, 0.4) is 0 Å². The van der Waals surface area contributed by atoms with Crippen molar-refractivity contribution in [2.75, 3.05) is 13.2 Å². The lowest BCUT2D eigenvalue weighted by molar-refractivity contribution is 0.287. The topological polar surface area (TPSA) is 64.6 Å². The first kappa shape index (κ1) is 18.3. The molecule has 6 heteroatoms. The molecule has 0 aliphatic heterocycles. The minimum Gasteiger partial charge on any atom is -0.490 e. The molecular formula is C18H23NO4S. The minimum absolute atomic E-state index is 0.243. The molecule has 2 aromatic carbocycles. The lowest BCUT2D eigenvalue weighted by atomic mass is 10.1. The molecule has 5 nitrogen and oxygen atoms in total. The van der Waals surface area contributed by atoms with Crippen molar-refractivity contribution in [3.63, 3.8) is 0 Å². The molecule has 2 aromatic rings. The largest absolute Gasteiger partial charge is 0.490 e. The Balaban J connectivity index is 2.23. The highest BCUT2D eigenvalue weighted by molar-refractivity contribution is 7.89. The summed E-state index contributed by atoms with van der Waals surface area (Å²) in [5.74, 6) is 1.27. The van der Waals surface area contributed by atoms with Crippen LogP contribution in [0.2, 0.25) is 0 Å². The monoisotopic (exact) mass is 349 g/mol. The first-order valence-electron chi connectivity index (χ1n) is 7.94. The molecule has 0 radical (unpaired) electrons. The molecule has 2 rings (SSSR count). The molecule has 0 unspecified atom stereocenters. The molecule has 0 fully saturated rings. The van der Waals surface area contributed by atoms with Crippen LogP contribution >= 0.6 is 0 Å². The summed E-state index contributed by atoms with van der Waals surface area (Å²) in [5.41, 5.74) is 0.807. The Kier molecular flexibility index (Phi) is 6.23. The average molecular weight is 349 g/mol. The highest BCUT2D eigenvalue weighted by atomic mass is 32.2. The summed E-state index contributed by atoms with van der Waals surface area (Å²) in [6.45, 7) is 6.64. The molecule has 0 aromatic heterocycles. The van der Waals surface area contributed by atoms with E-state index in [1.54, 1.807) is 43.3 Å². The second kappa shape index (κ2) is 8.17. The third kappa shape index (κ3) is 4.49. The molecule has 130 valence electrons. The smallest absolute Gasteiger partial charge is 0.241 e. The van der Waals surface area contributed by atoms with Gasteiger partial charge in [-0.25, -0.2) is 13.1 Å². The van der Waals surface area contributed by atoms with E-state index < -0.39 is 16.1 Å². The second-order valence-electron chi connectivity index (χ2n) is 5.23. The molecule has 0 saturated carbocycles. The molecule has 0 saturated heterocycles. The zero-order valence-corrected chi connectivity index (χ0v) is 15.0. The standard InChI is InChI=1S/C18H23NO4S/c1-4-22-17-12-11-15(13-18(17)23-5-2)14(3)19-24(20,21)16-9-7-6-8-10-16/h6-14,19H,4-5H2,1-3H3/t14-/m1/s1. The summed E-state index contributed by atoms with van der Waals surface area (Å²) >= 11 is 0. The number of rotatable bonds is 8. The van der Waals surface area contributed by atoms with Crippen LogP contribution in [-0.2, 0) is 10.0 Å². The van der Waals surface area contributed by atoms with E-state index in [4.69, 9.17) is 9.47 Å². The van der Waals surface area contributed by atoms with E-state index in [9.17, 15) is 8.42 Å². The van der Waals surface area contributed by atoms with Crippen LogP contribution < -0.4 is 14.2 Å². The van der Waals surface area contributed by atoms with Gasteiger partial charge in [0.2, 0.25) is 10.0 Å². The number of sulfonamides is 1. The number of nitrogens with one attached hydrogen (secondary N) is 1. The van der Waals surface area contributed by atoms with Gasteiger partial charge < -0.3 is 9.47 Å². The van der Waals surface area contributed by atoms with Gasteiger partial charge in [-0.3, -0.25) is 0 Å². The molecule has 0 amide bonds.